The molecule has 0 unspecified atom stereocenters. The highest BCUT2D eigenvalue weighted by atomic mass is 79.9. The van der Waals surface area contributed by atoms with Gasteiger partial charge in [0.1, 0.15) is 5.60 Å². The number of fused-ring (bicyclic) bond motifs is 1. The summed E-state index contributed by atoms with van der Waals surface area (Å²) in [5.41, 5.74) is 4.53. The van der Waals surface area contributed by atoms with Crippen LogP contribution in [0.25, 0.3) is 5.57 Å². The van der Waals surface area contributed by atoms with E-state index >= 15 is 0 Å². The van der Waals surface area contributed by atoms with Gasteiger partial charge >= 0.3 is 12.1 Å². The fourth-order valence-electron chi connectivity index (χ4n) is 3.77. The highest BCUT2D eigenvalue weighted by Gasteiger charge is 2.25. The fraction of sp³-hybridized carbons (Fsp3) is 0.375. The zero-order chi connectivity index (χ0) is 22.9. The van der Waals surface area contributed by atoms with Crippen LogP contribution in [0.1, 0.15) is 44.0 Å². The predicted octanol–water partition coefficient (Wildman–Crippen LogP) is 5.42. The summed E-state index contributed by atoms with van der Waals surface area (Å²) < 4.78 is 6.36. The molecule has 0 fully saturated rings. The number of aromatic nitrogens is 1. The number of carbonyl (C=O) groups is 2. The second kappa shape index (κ2) is 8.94. The Labute approximate surface area is 196 Å². The molecule has 0 spiro atoms. The van der Waals surface area contributed by atoms with E-state index in [-0.39, 0.29) is 12.1 Å². The molecule has 32 heavy (non-hydrogen) atoms. The molecule has 1 aromatic heterocycles. The average Bonchev–Trinajstić information content (AvgIpc) is 3.17. The molecule has 3 amide bonds. The minimum Gasteiger partial charge on any atom is -0.444 e. The number of halogens is 1. The molecule has 0 bridgehead atoms. The Balaban J connectivity index is 1.33. The molecule has 7 nitrogen and oxygen atoms in total. The molecule has 1 N–H and O–H groups in total. The van der Waals surface area contributed by atoms with Crippen LogP contribution < -0.4 is 5.32 Å². The lowest BCUT2D eigenvalue weighted by molar-refractivity contribution is 0.0270. The lowest BCUT2D eigenvalue weighted by Gasteiger charge is -2.29. The van der Waals surface area contributed by atoms with E-state index in [0.717, 1.165) is 33.4 Å². The van der Waals surface area contributed by atoms with Gasteiger partial charge in [0.15, 0.2) is 0 Å². The Morgan fingerprint density at radius 2 is 1.88 bits per heavy atom. The highest BCUT2D eigenvalue weighted by molar-refractivity contribution is 9.10. The van der Waals surface area contributed by atoms with E-state index in [1.165, 1.54) is 5.57 Å². The summed E-state index contributed by atoms with van der Waals surface area (Å²) in [4.78, 5) is 32.7. The molecule has 0 saturated heterocycles. The quantitative estimate of drug-likeness (QED) is 0.599. The number of urea groups is 1. The molecule has 2 aliphatic heterocycles. The van der Waals surface area contributed by atoms with Gasteiger partial charge < -0.3 is 19.9 Å². The summed E-state index contributed by atoms with van der Waals surface area (Å²) in [5, 5.41) is 2.97. The molecular weight excluding hydrogens is 472 g/mol. The number of ether oxygens (including phenoxy) is 1. The standard InChI is InChI=1S/C24H27BrN4O3/c1-24(2,3)32-23(31)28-10-8-17(9-11-28)16-4-6-20(7-5-16)27-22(30)29-14-18-12-19(25)13-26-21(18)15-29/h4-8,12-13H,9-11,14-15H2,1-3H3,(H,27,30). The normalized spacial score (nSPS) is 15.8. The maximum atomic E-state index is 12.7. The van der Waals surface area contributed by atoms with E-state index in [4.69, 9.17) is 4.74 Å². The Morgan fingerprint density at radius 1 is 1.12 bits per heavy atom. The number of rotatable bonds is 2. The Hall–Kier alpha value is -2.87. The summed E-state index contributed by atoms with van der Waals surface area (Å²) in [5.74, 6) is 0. The number of nitrogens with one attached hydrogen (secondary N) is 1. The van der Waals surface area contributed by atoms with E-state index in [0.29, 0.717) is 26.2 Å². The summed E-state index contributed by atoms with van der Waals surface area (Å²) in [6, 6.07) is 9.69. The minimum absolute atomic E-state index is 0.142. The van der Waals surface area contributed by atoms with Gasteiger partial charge in [-0.05, 0) is 78.0 Å². The van der Waals surface area contributed by atoms with E-state index in [2.05, 4.69) is 32.3 Å². The maximum Gasteiger partial charge on any atom is 0.410 e. The molecule has 0 saturated carbocycles. The zero-order valence-corrected chi connectivity index (χ0v) is 20.1. The number of benzene rings is 1. The average molecular weight is 499 g/mol. The molecule has 168 valence electrons. The summed E-state index contributed by atoms with van der Waals surface area (Å²) in [7, 11) is 0. The van der Waals surface area contributed by atoms with Crippen molar-refractivity contribution >= 4 is 39.3 Å². The minimum atomic E-state index is -0.493. The first-order valence-corrected chi connectivity index (χ1v) is 11.4. The van der Waals surface area contributed by atoms with Gasteiger partial charge in [-0.2, -0.15) is 0 Å². The van der Waals surface area contributed by atoms with Crippen LogP contribution in [-0.2, 0) is 17.8 Å². The van der Waals surface area contributed by atoms with Crippen LogP contribution in [0.5, 0.6) is 0 Å². The van der Waals surface area contributed by atoms with E-state index in [1.807, 2.05) is 51.1 Å². The first kappa shape index (κ1) is 22.3. The van der Waals surface area contributed by atoms with Crippen molar-refractivity contribution in [1.82, 2.24) is 14.8 Å². The molecule has 8 heteroatoms. The van der Waals surface area contributed by atoms with Gasteiger partial charge in [-0.15, -0.1) is 0 Å². The highest BCUT2D eigenvalue weighted by Crippen LogP contribution is 2.26. The Kier molecular flexibility index (Phi) is 6.24. The van der Waals surface area contributed by atoms with Crippen molar-refractivity contribution in [3.05, 3.63) is 63.9 Å². The van der Waals surface area contributed by atoms with Crippen molar-refractivity contribution in [3.8, 4) is 0 Å². The van der Waals surface area contributed by atoms with Crippen LogP contribution >= 0.6 is 15.9 Å². The summed E-state index contributed by atoms with van der Waals surface area (Å²) in [6.07, 6.45) is 4.30. The SMILES string of the molecule is CC(C)(C)OC(=O)N1CC=C(c2ccc(NC(=O)N3Cc4cc(Br)cnc4C3)cc2)CC1. The number of carbonyl (C=O) groups excluding carboxylic acids is 2. The Morgan fingerprint density at radius 3 is 2.53 bits per heavy atom. The maximum absolute atomic E-state index is 12.7. The Bertz CT molecular complexity index is 1060. The molecule has 3 heterocycles. The van der Waals surface area contributed by atoms with Crippen molar-refractivity contribution < 1.29 is 14.3 Å². The van der Waals surface area contributed by atoms with Gasteiger partial charge in [-0.1, -0.05) is 18.2 Å². The molecule has 0 atom stereocenters. The number of amides is 3. The molecule has 2 aliphatic rings. The third-order valence-electron chi connectivity index (χ3n) is 5.38. The van der Waals surface area contributed by atoms with Crippen molar-refractivity contribution in [2.45, 2.75) is 45.9 Å². The lowest BCUT2D eigenvalue weighted by Crippen LogP contribution is -2.39. The van der Waals surface area contributed by atoms with E-state index in [1.54, 1.807) is 16.0 Å². The fourth-order valence-corrected chi connectivity index (χ4v) is 4.15. The van der Waals surface area contributed by atoms with Crippen LogP contribution in [-0.4, -0.2) is 45.6 Å². The van der Waals surface area contributed by atoms with Crippen molar-refractivity contribution in [2.24, 2.45) is 0 Å². The molecule has 2 aromatic rings. The zero-order valence-electron chi connectivity index (χ0n) is 18.5. The summed E-state index contributed by atoms with van der Waals surface area (Å²) in [6.45, 7) is 7.82. The van der Waals surface area contributed by atoms with Gasteiger partial charge in [0.2, 0.25) is 0 Å². The number of hydrogen-bond donors (Lipinski definition) is 1. The van der Waals surface area contributed by atoms with Gasteiger partial charge in [0, 0.05) is 36.0 Å². The second-order valence-electron chi connectivity index (χ2n) is 9.03. The van der Waals surface area contributed by atoms with Crippen LogP contribution in [0.3, 0.4) is 0 Å². The second-order valence-corrected chi connectivity index (χ2v) is 9.94. The van der Waals surface area contributed by atoms with Crippen LogP contribution in [0.15, 0.2) is 47.1 Å². The van der Waals surface area contributed by atoms with Crippen LogP contribution in [0, 0.1) is 0 Å². The number of pyridine rings is 1. The van der Waals surface area contributed by atoms with Crippen molar-refractivity contribution in [1.29, 1.82) is 0 Å². The number of hydrogen-bond acceptors (Lipinski definition) is 4. The molecule has 4 rings (SSSR count). The van der Waals surface area contributed by atoms with Crippen LogP contribution in [0.2, 0.25) is 0 Å². The summed E-state index contributed by atoms with van der Waals surface area (Å²) >= 11 is 3.43. The largest absolute Gasteiger partial charge is 0.444 e. The van der Waals surface area contributed by atoms with Gasteiger partial charge in [0.05, 0.1) is 12.2 Å². The molecule has 1 aromatic carbocycles. The van der Waals surface area contributed by atoms with E-state index < -0.39 is 5.60 Å². The first-order chi connectivity index (χ1) is 15.2. The van der Waals surface area contributed by atoms with Crippen molar-refractivity contribution in [3.63, 3.8) is 0 Å². The third kappa shape index (κ3) is 5.30. The molecule has 0 radical (unpaired) electrons. The monoisotopic (exact) mass is 498 g/mol. The first-order valence-electron chi connectivity index (χ1n) is 10.6. The molecule has 0 aliphatic carbocycles. The molecular formula is C24H27BrN4O3. The lowest BCUT2D eigenvalue weighted by atomic mass is 9.99. The number of anilines is 1. The topological polar surface area (TPSA) is 74.8 Å². The van der Waals surface area contributed by atoms with Gasteiger partial charge in [-0.25, -0.2) is 9.59 Å². The van der Waals surface area contributed by atoms with Crippen molar-refractivity contribution in [2.75, 3.05) is 18.4 Å². The van der Waals surface area contributed by atoms with Crippen LogP contribution in [0.4, 0.5) is 15.3 Å². The number of nitrogens with zero attached hydrogens (tertiary/aromatic N) is 3. The van der Waals surface area contributed by atoms with E-state index in [9.17, 15) is 9.59 Å². The smallest absolute Gasteiger partial charge is 0.410 e. The van der Waals surface area contributed by atoms with Gasteiger partial charge in [0.25, 0.3) is 0 Å². The van der Waals surface area contributed by atoms with Gasteiger partial charge in [-0.3, -0.25) is 4.98 Å². The third-order valence-corrected chi connectivity index (χ3v) is 5.82. The predicted molar refractivity (Wildman–Crippen MR) is 127 cm³/mol.